The van der Waals surface area contributed by atoms with Crippen LogP contribution >= 0.6 is 11.6 Å². The van der Waals surface area contributed by atoms with E-state index in [1.54, 1.807) is 42.5 Å². The van der Waals surface area contributed by atoms with Gasteiger partial charge >= 0.3 is 5.97 Å². The van der Waals surface area contributed by atoms with Crippen molar-refractivity contribution in [3.63, 3.8) is 0 Å². The van der Waals surface area contributed by atoms with Crippen LogP contribution in [0.15, 0.2) is 84.0 Å². The summed E-state index contributed by atoms with van der Waals surface area (Å²) in [6, 6.07) is 19.5. The summed E-state index contributed by atoms with van der Waals surface area (Å²) in [5.41, 5.74) is 5.49. The molecule has 0 aliphatic heterocycles. The Balaban J connectivity index is 1.63. The van der Waals surface area contributed by atoms with E-state index in [0.717, 1.165) is 27.6 Å². The summed E-state index contributed by atoms with van der Waals surface area (Å²) in [7, 11) is -3.91. The number of halogens is 1. The molecule has 0 spiro atoms. The number of nitrogens with zero attached hydrogens (tertiary/aromatic N) is 1. The Bertz CT molecular complexity index is 2050. The van der Waals surface area contributed by atoms with Crippen molar-refractivity contribution < 1.29 is 18.3 Å². The number of aryl methyl sites for hydroxylation is 1. The number of hydrogen-bond acceptors (Lipinski definition) is 3. The Morgan fingerprint density at radius 1 is 0.975 bits per heavy atom. The molecule has 6 aromatic rings. The van der Waals surface area contributed by atoms with E-state index in [0.29, 0.717) is 32.7 Å². The van der Waals surface area contributed by atoms with Gasteiger partial charge in [-0.2, -0.15) is 0 Å². The van der Waals surface area contributed by atoms with Gasteiger partial charge in [0.1, 0.15) is 5.69 Å². The summed E-state index contributed by atoms with van der Waals surface area (Å²) in [5, 5.41) is 12.2. The average Bonchev–Trinajstić information content (AvgIpc) is 3.65. The van der Waals surface area contributed by atoms with Crippen molar-refractivity contribution in [2.24, 2.45) is 0 Å². The van der Waals surface area contributed by atoms with Crippen molar-refractivity contribution in [3.05, 3.63) is 101 Å². The van der Waals surface area contributed by atoms with Gasteiger partial charge < -0.3 is 15.1 Å². The number of carboxylic acid groups (broad SMARTS) is 1. The summed E-state index contributed by atoms with van der Waals surface area (Å²) < 4.78 is 28.4. The van der Waals surface area contributed by atoms with Gasteiger partial charge in [-0.1, -0.05) is 55.3 Å². The zero-order valence-electron chi connectivity index (χ0n) is 22.0. The number of aromatic carboxylic acids is 1. The number of carboxylic acids is 1. The van der Waals surface area contributed by atoms with Gasteiger partial charge in [0.25, 0.3) is 10.0 Å². The second kappa shape index (κ2) is 9.43. The molecule has 3 heterocycles. The number of fused-ring (bicyclic) bond motifs is 2. The SMILES string of the molecule is Cc1ccc(S(=O)(=O)n2ccc3c(-c4c(C(=O)O)[nH]c(-c5ccc6cc[nH]c6c5)c4C(C)C)c(Cl)ccc32)cc1. The zero-order valence-corrected chi connectivity index (χ0v) is 23.6. The first-order chi connectivity index (χ1) is 19.1. The topological polar surface area (TPSA) is 108 Å². The largest absolute Gasteiger partial charge is 0.477 e. The van der Waals surface area contributed by atoms with Gasteiger partial charge in [0.15, 0.2) is 0 Å². The lowest BCUT2D eigenvalue weighted by atomic mass is 9.89. The summed E-state index contributed by atoms with van der Waals surface area (Å²) in [6.07, 6.45) is 3.35. The van der Waals surface area contributed by atoms with Crippen LogP contribution in [0.2, 0.25) is 5.02 Å². The minimum absolute atomic E-state index is 0.00572. The Hall–Kier alpha value is -4.27. The second-order valence-electron chi connectivity index (χ2n) is 10.2. The third-order valence-corrected chi connectivity index (χ3v) is 9.31. The standard InChI is InChI=1S/C31H26ClN3O4S/c1-17(2)26-28(30(31(36)37)34-29(26)20-7-6-19-12-14-33-24(19)16-20)27-22-13-15-35(25(22)11-10-23(27)32)40(38,39)21-8-4-18(3)5-9-21/h4-17,33-34H,1-3H3,(H,36,37). The molecular formula is C31H26ClN3O4S. The van der Waals surface area contributed by atoms with E-state index in [2.05, 4.69) is 9.97 Å². The molecule has 0 radical (unpaired) electrons. The predicted octanol–water partition coefficient (Wildman–Crippen LogP) is 7.81. The van der Waals surface area contributed by atoms with Crippen LogP contribution in [0.1, 0.15) is 41.4 Å². The fourth-order valence-corrected chi connectivity index (χ4v) is 7.00. The zero-order chi connectivity index (χ0) is 28.3. The monoisotopic (exact) mass is 571 g/mol. The van der Waals surface area contributed by atoms with Gasteiger partial charge in [0.2, 0.25) is 0 Å². The van der Waals surface area contributed by atoms with Crippen molar-refractivity contribution >= 4 is 49.4 Å². The smallest absolute Gasteiger partial charge is 0.352 e. The second-order valence-corrected chi connectivity index (χ2v) is 12.4. The van der Waals surface area contributed by atoms with Crippen molar-refractivity contribution in [3.8, 4) is 22.4 Å². The van der Waals surface area contributed by atoms with Crippen LogP contribution in [-0.4, -0.2) is 33.4 Å². The van der Waals surface area contributed by atoms with Crippen LogP contribution in [0.3, 0.4) is 0 Å². The van der Waals surface area contributed by atoms with Crippen LogP contribution in [0.4, 0.5) is 0 Å². The van der Waals surface area contributed by atoms with Crippen LogP contribution in [0, 0.1) is 6.92 Å². The molecule has 0 atom stereocenters. The highest BCUT2D eigenvalue weighted by molar-refractivity contribution is 7.90. The fourth-order valence-electron chi connectivity index (χ4n) is 5.40. The molecule has 0 saturated carbocycles. The highest BCUT2D eigenvalue weighted by atomic mass is 35.5. The van der Waals surface area contributed by atoms with Crippen LogP contribution in [0.5, 0.6) is 0 Å². The first kappa shape index (κ1) is 26.0. The molecule has 40 heavy (non-hydrogen) atoms. The van der Waals surface area contributed by atoms with Gasteiger partial charge in [-0.05, 0) is 66.3 Å². The number of aromatic nitrogens is 3. The Kier molecular flexibility index (Phi) is 6.12. The number of rotatable bonds is 6. The molecule has 3 aromatic carbocycles. The predicted molar refractivity (Wildman–Crippen MR) is 159 cm³/mol. The first-order valence-electron chi connectivity index (χ1n) is 12.8. The van der Waals surface area contributed by atoms with Gasteiger partial charge in [-0.3, -0.25) is 0 Å². The normalized spacial score (nSPS) is 12.1. The molecule has 3 aromatic heterocycles. The summed E-state index contributed by atoms with van der Waals surface area (Å²) in [4.78, 5) is 19.2. The lowest BCUT2D eigenvalue weighted by molar-refractivity contribution is 0.0692. The summed E-state index contributed by atoms with van der Waals surface area (Å²) >= 11 is 6.80. The number of H-pyrrole nitrogens is 2. The van der Waals surface area contributed by atoms with E-state index in [1.807, 2.05) is 51.2 Å². The number of nitrogens with one attached hydrogen (secondary N) is 2. The minimum atomic E-state index is -3.91. The van der Waals surface area contributed by atoms with Gasteiger partial charge in [0, 0.05) is 45.0 Å². The van der Waals surface area contributed by atoms with E-state index in [-0.39, 0.29) is 16.5 Å². The minimum Gasteiger partial charge on any atom is -0.477 e. The van der Waals surface area contributed by atoms with E-state index in [9.17, 15) is 18.3 Å². The molecule has 6 rings (SSSR count). The molecular weight excluding hydrogens is 546 g/mol. The molecule has 0 aliphatic carbocycles. The molecule has 0 unspecified atom stereocenters. The van der Waals surface area contributed by atoms with E-state index in [1.165, 1.54) is 10.2 Å². The molecule has 202 valence electrons. The van der Waals surface area contributed by atoms with Crippen LogP contribution in [0.25, 0.3) is 44.2 Å². The van der Waals surface area contributed by atoms with Crippen molar-refractivity contribution in [1.29, 1.82) is 0 Å². The van der Waals surface area contributed by atoms with Gasteiger partial charge in [-0.25, -0.2) is 17.2 Å². The highest BCUT2D eigenvalue weighted by Gasteiger charge is 2.29. The van der Waals surface area contributed by atoms with Crippen LogP contribution < -0.4 is 0 Å². The summed E-state index contributed by atoms with van der Waals surface area (Å²) in [5.74, 6) is -1.22. The maximum atomic E-state index is 13.6. The van der Waals surface area contributed by atoms with Crippen molar-refractivity contribution in [2.75, 3.05) is 0 Å². The van der Waals surface area contributed by atoms with E-state index >= 15 is 0 Å². The molecule has 3 N–H and O–H groups in total. The molecule has 0 fully saturated rings. The number of carbonyl (C=O) groups is 1. The third kappa shape index (κ3) is 4.03. The molecule has 0 saturated heterocycles. The maximum Gasteiger partial charge on any atom is 0.352 e. The number of aromatic amines is 2. The van der Waals surface area contributed by atoms with Crippen molar-refractivity contribution in [2.45, 2.75) is 31.6 Å². The van der Waals surface area contributed by atoms with E-state index < -0.39 is 16.0 Å². The first-order valence-corrected chi connectivity index (χ1v) is 14.6. The number of benzene rings is 3. The molecule has 0 aliphatic rings. The lowest BCUT2D eigenvalue weighted by Crippen LogP contribution is -2.11. The van der Waals surface area contributed by atoms with E-state index in [4.69, 9.17) is 11.6 Å². The highest BCUT2D eigenvalue weighted by Crippen LogP contribution is 2.46. The maximum absolute atomic E-state index is 13.6. The molecule has 7 nitrogen and oxygen atoms in total. The van der Waals surface area contributed by atoms with Gasteiger partial charge in [0.05, 0.1) is 16.1 Å². The Labute approximate surface area is 236 Å². The van der Waals surface area contributed by atoms with Crippen molar-refractivity contribution in [1.82, 2.24) is 13.9 Å². The lowest BCUT2D eigenvalue weighted by Gasteiger charge is -2.15. The van der Waals surface area contributed by atoms with Gasteiger partial charge in [-0.15, -0.1) is 0 Å². The van der Waals surface area contributed by atoms with Crippen LogP contribution in [-0.2, 0) is 10.0 Å². The number of hydrogen-bond donors (Lipinski definition) is 3. The molecule has 0 bridgehead atoms. The molecule has 0 amide bonds. The summed E-state index contributed by atoms with van der Waals surface area (Å²) in [6.45, 7) is 5.88. The quantitative estimate of drug-likeness (QED) is 0.189. The Morgan fingerprint density at radius 2 is 1.73 bits per heavy atom. The average molecular weight is 572 g/mol. The molecule has 9 heteroatoms. The third-order valence-electron chi connectivity index (χ3n) is 7.29. The fraction of sp³-hybridized carbons (Fsp3) is 0.129. The Morgan fingerprint density at radius 3 is 2.42 bits per heavy atom.